The van der Waals surface area contributed by atoms with Gasteiger partial charge in [-0.2, -0.15) is 5.26 Å². The second-order valence-corrected chi connectivity index (χ2v) is 5.44. The van der Waals surface area contributed by atoms with Crippen molar-refractivity contribution in [1.82, 2.24) is 0 Å². The summed E-state index contributed by atoms with van der Waals surface area (Å²) in [7, 11) is 0. The van der Waals surface area contributed by atoms with Crippen molar-refractivity contribution in [2.24, 2.45) is 0 Å². The number of rotatable bonds is 2. The van der Waals surface area contributed by atoms with Crippen molar-refractivity contribution in [1.29, 1.82) is 5.26 Å². The van der Waals surface area contributed by atoms with Crippen molar-refractivity contribution in [3.63, 3.8) is 0 Å². The van der Waals surface area contributed by atoms with Gasteiger partial charge in [-0.1, -0.05) is 18.2 Å². The zero-order valence-electron chi connectivity index (χ0n) is 11.7. The molecule has 0 aromatic heterocycles. The molecule has 0 atom stereocenters. The van der Waals surface area contributed by atoms with Crippen molar-refractivity contribution in [2.75, 3.05) is 5.32 Å². The Hall–Kier alpha value is -2.27. The number of fused-ring (bicyclic) bond motifs is 1. The van der Waals surface area contributed by atoms with Crippen LogP contribution in [0.15, 0.2) is 36.4 Å². The van der Waals surface area contributed by atoms with Gasteiger partial charge >= 0.3 is 0 Å². The van der Waals surface area contributed by atoms with Crippen LogP contribution in [0.1, 0.15) is 35.1 Å². The zero-order chi connectivity index (χ0) is 13.9. The molecule has 2 nitrogen and oxygen atoms in total. The molecule has 0 spiro atoms. The van der Waals surface area contributed by atoms with Gasteiger partial charge in [-0.3, -0.25) is 0 Å². The highest BCUT2D eigenvalue weighted by Crippen LogP contribution is 2.31. The van der Waals surface area contributed by atoms with Gasteiger partial charge in [0.05, 0.1) is 11.3 Å². The average molecular weight is 262 g/mol. The molecule has 1 aliphatic rings. The Morgan fingerprint density at radius 1 is 1.05 bits per heavy atom. The second kappa shape index (κ2) is 5.38. The summed E-state index contributed by atoms with van der Waals surface area (Å²) in [6.07, 6.45) is 4.84. The highest BCUT2D eigenvalue weighted by Gasteiger charge is 2.13. The molecule has 0 heterocycles. The maximum atomic E-state index is 9.24. The maximum absolute atomic E-state index is 9.24. The van der Waals surface area contributed by atoms with Crippen LogP contribution in [-0.4, -0.2) is 0 Å². The normalized spacial score (nSPS) is 13.4. The summed E-state index contributed by atoms with van der Waals surface area (Å²) in [5, 5.41) is 12.7. The Balaban J connectivity index is 2.00. The molecule has 2 heteroatoms. The average Bonchev–Trinajstić information content (AvgIpc) is 2.48. The number of anilines is 2. The minimum Gasteiger partial charge on any atom is -0.354 e. The van der Waals surface area contributed by atoms with E-state index in [0.717, 1.165) is 23.4 Å². The zero-order valence-corrected chi connectivity index (χ0v) is 11.7. The van der Waals surface area contributed by atoms with E-state index in [1.54, 1.807) is 0 Å². The summed E-state index contributed by atoms with van der Waals surface area (Å²) in [6.45, 7) is 2.05. The van der Waals surface area contributed by atoms with Crippen LogP contribution in [0.4, 0.5) is 11.4 Å². The molecular weight excluding hydrogens is 244 g/mol. The van der Waals surface area contributed by atoms with E-state index in [-0.39, 0.29) is 0 Å². The molecule has 0 saturated carbocycles. The SMILES string of the molecule is Cc1ccc(C#N)c(Nc2cccc3c2CCCC3)c1. The fraction of sp³-hybridized carbons (Fsp3) is 0.278. The van der Waals surface area contributed by atoms with E-state index in [0.29, 0.717) is 5.56 Å². The molecule has 2 aromatic rings. The molecule has 0 radical (unpaired) electrons. The number of nitriles is 1. The lowest BCUT2D eigenvalue weighted by atomic mass is 9.90. The summed E-state index contributed by atoms with van der Waals surface area (Å²) in [5.74, 6) is 0. The van der Waals surface area contributed by atoms with E-state index < -0.39 is 0 Å². The fourth-order valence-electron chi connectivity index (χ4n) is 2.90. The molecule has 0 saturated heterocycles. The van der Waals surface area contributed by atoms with Crippen molar-refractivity contribution in [2.45, 2.75) is 32.6 Å². The molecule has 0 bridgehead atoms. The van der Waals surface area contributed by atoms with Crippen LogP contribution in [0, 0.1) is 18.3 Å². The first-order valence-electron chi connectivity index (χ1n) is 7.16. The maximum Gasteiger partial charge on any atom is 0.101 e. The highest BCUT2D eigenvalue weighted by molar-refractivity contribution is 5.70. The van der Waals surface area contributed by atoms with Gasteiger partial charge in [0.1, 0.15) is 6.07 Å². The molecule has 2 aromatic carbocycles. The Kier molecular flexibility index (Phi) is 3.43. The first-order chi connectivity index (χ1) is 9.78. The van der Waals surface area contributed by atoms with Gasteiger partial charge in [0.25, 0.3) is 0 Å². The summed E-state index contributed by atoms with van der Waals surface area (Å²) >= 11 is 0. The number of nitrogens with one attached hydrogen (secondary N) is 1. The quantitative estimate of drug-likeness (QED) is 0.865. The standard InChI is InChI=1S/C18H18N2/c1-13-9-10-15(12-19)18(11-13)20-17-8-4-6-14-5-2-3-7-16(14)17/h4,6,8-11,20H,2-3,5,7H2,1H3. The van der Waals surface area contributed by atoms with Crippen molar-refractivity contribution >= 4 is 11.4 Å². The molecule has 100 valence electrons. The lowest BCUT2D eigenvalue weighted by molar-refractivity contribution is 0.687. The molecule has 0 fully saturated rings. The van der Waals surface area contributed by atoms with Crippen LogP contribution in [0.5, 0.6) is 0 Å². The first-order valence-corrected chi connectivity index (χ1v) is 7.16. The number of nitrogens with zero attached hydrogens (tertiary/aromatic N) is 1. The number of hydrogen-bond donors (Lipinski definition) is 1. The summed E-state index contributed by atoms with van der Waals surface area (Å²) in [5.41, 5.74) is 6.80. The smallest absolute Gasteiger partial charge is 0.101 e. The van der Waals surface area contributed by atoms with Crippen molar-refractivity contribution in [3.05, 3.63) is 58.7 Å². The minimum atomic E-state index is 0.698. The van der Waals surface area contributed by atoms with E-state index in [1.807, 2.05) is 25.1 Å². The first kappa shape index (κ1) is 12.7. The molecule has 0 amide bonds. The molecule has 1 aliphatic carbocycles. The van der Waals surface area contributed by atoms with Gasteiger partial charge < -0.3 is 5.32 Å². The van der Waals surface area contributed by atoms with Gasteiger partial charge in [0, 0.05) is 5.69 Å². The lowest BCUT2D eigenvalue weighted by Gasteiger charge is -2.20. The van der Waals surface area contributed by atoms with Gasteiger partial charge in [-0.25, -0.2) is 0 Å². The Morgan fingerprint density at radius 3 is 2.75 bits per heavy atom. The number of aryl methyl sites for hydroxylation is 2. The Morgan fingerprint density at radius 2 is 1.90 bits per heavy atom. The molecule has 0 aliphatic heterocycles. The molecular formula is C18H18N2. The van der Waals surface area contributed by atoms with Gasteiger partial charge in [-0.15, -0.1) is 0 Å². The third kappa shape index (κ3) is 2.40. The second-order valence-electron chi connectivity index (χ2n) is 5.44. The van der Waals surface area contributed by atoms with E-state index in [1.165, 1.54) is 30.4 Å². The van der Waals surface area contributed by atoms with E-state index in [4.69, 9.17) is 0 Å². The highest BCUT2D eigenvalue weighted by atomic mass is 14.9. The summed E-state index contributed by atoms with van der Waals surface area (Å²) in [4.78, 5) is 0. The molecule has 3 rings (SSSR count). The largest absolute Gasteiger partial charge is 0.354 e. The fourth-order valence-corrected chi connectivity index (χ4v) is 2.90. The number of hydrogen-bond acceptors (Lipinski definition) is 2. The molecule has 1 N–H and O–H groups in total. The van der Waals surface area contributed by atoms with Crippen LogP contribution < -0.4 is 5.32 Å². The summed E-state index contributed by atoms with van der Waals surface area (Å²) in [6, 6.07) is 14.6. The van der Waals surface area contributed by atoms with Crippen LogP contribution in [0.3, 0.4) is 0 Å². The minimum absolute atomic E-state index is 0.698. The van der Waals surface area contributed by atoms with Crippen LogP contribution in [-0.2, 0) is 12.8 Å². The van der Waals surface area contributed by atoms with Gasteiger partial charge in [0.2, 0.25) is 0 Å². The van der Waals surface area contributed by atoms with Gasteiger partial charge in [0.15, 0.2) is 0 Å². The summed E-state index contributed by atoms with van der Waals surface area (Å²) < 4.78 is 0. The predicted octanol–water partition coefficient (Wildman–Crippen LogP) is 4.49. The lowest BCUT2D eigenvalue weighted by Crippen LogP contribution is -2.06. The van der Waals surface area contributed by atoms with E-state index in [9.17, 15) is 5.26 Å². The van der Waals surface area contributed by atoms with Gasteiger partial charge in [-0.05, 0) is 67.5 Å². The van der Waals surface area contributed by atoms with Crippen molar-refractivity contribution < 1.29 is 0 Å². The number of benzene rings is 2. The predicted molar refractivity (Wildman–Crippen MR) is 82.3 cm³/mol. The van der Waals surface area contributed by atoms with E-state index in [2.05, 4.69) is 29.6 Å². The third-order valence-electron chi connectivity index (χ3n) is 3.96. The van der Waals surface area contributed by atoms with Crippen LogP contribution in [0.25, 0.3) is 0 Å². The Bertz CT molecular complexity index is 680. The van der Waals surface area contributed by atoms with Crippen molar-refractivity contribution in [3.8, 4) is 6.07 Å². The molecule has 0 unspecified atom stereocenters. The monoisotopic (exact) mass is 262 g/mol. The topological polar surface area (TPSA) is 35.8 Å². The van der Waals surface area contributed by atoms with Crippen LogP contribution >= 0.6 is 0 Å². The molecule has 20 heavy (non-hydrogen) atoms. The van der Waals surface area contributed by atoms with E-state index >= 15 is 0 Å². The van der Waals surface area contributed by atoms with Crippen LogP contribution in [0.2, 0.25) is 0 Å². The Labute approximate surface area is 120 Å². The third-order valence-corrected chi connectivity index (χ3v) is 3.96.